The predicted molar refractivity (Wildman–Crippen MR) is 81.7 cm³/mol. The Morgan fingerprint density at radius 3 is 1.60 bits per heavy atom. The minimum Gasteiger partial charge on any atom is -0.481 e. The number of aliphatic carboxylic acids is 1. The first-order chi connectivity index (χ1) is 9.77. The smallest absolute Gasteiger partial charge is 0.303 e. The van der Waals surface area contributed by atoms with E-state index >= 15 is 0 Å². The summed E-state index contributed by atoms with van der Waals surface area (Å²) in [6, 6.07) is 0. The Balaban J connectivity index is 2.99. The molecule has 0 saturated heterocycles. The summed E-state index contributed by atoms with van der Waals surface area (Å²) in [5.74, 6) is -0.676. The second-order valence-electron chi connectivity index (χ2n) is 5.34. The molecule has 5 nitrogen and oxygen atoms in total. The summed E-state index contributed by atoms with van der Waals surface area (Å²) >= 11 is 0. The van der Waals surface area contributed by atoms with Crippen molar-refractivity contribution in [1.29, 1.82) is 0 Å². The quantitative estimate of drug-likeness (QED) is 0.187. The van der Waals surface area contributed by atoms with Crippen molar-refractivity contribution < 1.29 is 9.90 Å². The largest absolute Gasteiger partial charge is 0.481 e. The second kappa shape index (κ2) is 15.8. The van der Waals surface area contributed by atoms with Crippen LogP contribution in [-0.4, -0.2) is 17.6 Å². The Hall–Kier alpha value is -1.22. The third kappa shape index (κ3) is 16.8. The zero-order valence-corrected chi connectivity index (χ0v) is 12.6. The fraction of sp³-hybridized carbons (Fsp3) is 0.933. The highest BCUT2D eigenvalue weighted by Crippen LogP contribution is 2.12. The van der Waals surface area contributed by atoms with E-state index in [1.807, 2.05) is 0 Å². The van der Waals surface area contributed by atoms with E-state index in [-0.39, 0.29) is 0 Å². The average molecular weight is 283 g/mol. The molecule has 0 saturated carbocycles. The van der Waals surface area contributed by atoms with Gasteiger partial charge in [-0.25, -0.2) is 0 Å². The Bertz CT molecular complexity index is 262. The molecule has 0 unspecified atom stereocenters. The molecule has 0 amide bonds. The molecule has 0 atom stereocenters. The van der Waals surface area contributed by atoms with E-state index in [1.165, 1.54) is 57.8 Å². The monoisotopic (exact) mass is 283 g/mol. The zero-order valence-electron chi connectivity index (χ0n) is 12.6. The number of carboxylic acid groups (broad SMARTS) is 1. The van der Waals surface area contributed by atoms with Crippen LogP contribution in [0.5, 0.6) is 0 Å². The summed E-state index contributed by atoms with van der Waals surface area (Å²) in [4.78, 5) is 13.0. The molecule has 116 valence electrons. The van der Waals surface area contributed by atoms with Crippen LogP contribution < -0.4 is 0 Å². The lowest BCUT2D eigenvalue weighted by atomic mass is 10.0. The summed E-state index contributed by atoms with van der Waals surface area (Å²) < 4.78 is 0. The molecule has 5 heteroatoms. The van der Waals surface area contributed by atoms with Gasteiger partial charge >= 0.3 is 5.97 Å². The van der Waals surface area contributed by atoms with Crippen LogP contribution in [0.2, 0.25) is 0 Å². The van der Waals surface area contributed by atoms with Crippen molar-refractivity contribution in [3.8, 4) is 0 Å². The van der Waals surface area contributed by atoms with Gasteiger partial charge in [-0.3, -0.25) is 4.79 Å². The van der Waals surface area contributed by atoms with Gasteiger partial charge in [-0.05, 0) is 18.4 Å². The summed E-state index contributed by atoms with van der Waals surface area (Å²) in [5.41, 5.74) is 8.11. The van der Waals surface area contributed by atoms with Crippen LogP contribution in [0.25, 0.3) is 10.4 Å². The number of azide groups is 1. The van der Waals surface area contributed by atoms with Gasteiger partial charge in [0.05, 0.1) is 0 Å². The zero-order chi connectivity index (χ0) is 14.9. The highest BCUT2D eigenvalue weighted by atomic mass is 16.4. The molecule has 0 heterocycles. The Morgan fingerprint density at radius 2 is 1.20 bits per heavy atom. The molecular weight excluding hydrogens is 254 g/mol. The van der Waals surface area contributed by atoms with Crippen LogP contribution in [0.1, 0.15) is 83.5 Å². The first kappa shape index (κ1) is 18.8. The number of hydrogen-bond acceptors (Lipinski definition) is 2. The van der Waals surface area contributed by atoms with Crippen molar-refractivity contribution in [2.75, 3.05) is 6.54 Å². The summed E-state index contributed by atoms with van der Waals surface area (Å²) in [6.45, 7) is 0.637. The normalized spacial score (nSPS) is 10.2. The molecule has 20 heavy (non-hydrogen) atoms. The highest BCUT2D eigenvalue weighted by molar-refractivity contribution is 5.66. The van der Waals surface area contributed by atoms with Crippen molar-refractivity contribution in [3.05, 3.63) is 10.4 Å². The van der Waals surface area contributed by atoms with Crippen molar-refractivity contribution in [2.24, 2.45) is 5.11 Å². The SMILES string of the molecule is [N-]=[N+]=NCCCCCCCCCCCCCCC(=O)O. The Kier molecular flexibility index (Phi) is 14.9. The van der Waals surface area contributed by atoms with Gasteiger partial charge < -0.3 is 5.11 Å². The molecule has 0 aromatic carbocycles. The lowest BCUT2D eigenvalue weighted by Gasteiger charge is -2.02. The van der Waals surface area contributed by atoms with Gasteiger partial charge in [0.2, 0.25) is 0 Å². The molecule has 0 bridgehead atoms. The maximum Gasteiger partial charge on any atom is 0.303 e. The number of hydrogen-bond donors (Lipinski definition) is 1. The Labute approximate surface area is 122 Å². The van der Waals surface area contributed by atoms with Crippen molar-refractivity contribution in [1.82, 2.24) is 0 Å². The predicted octanol–water partition coefficient (Wildman–Crippen LogP) is 5.45. The molecule has 0 fully saturated rings. The molecule has 1 N–H and O–H groups in total. The topological polar surface area (TPSA) is 86.1 Å². The third-order valence-corrected chi connectivity index (χ3v) is 3.46. The number of unbranched alkanes of at least 4 members (excludes halogenated alkanes) is 11. The fourth-order valence-electron chi connectivity index (χ4n) is 2.27. The van der Waals surface area contributed by atoms with Crippen LogP contribution >= 0.6 is 0 Å². The van der Waals surface area contributed by atoms with E-state index in [4.69, 9.17) is 10.6 Å². The van der Waals surface area contributed by atoms with Gasteiger partial charge in [0.1, 0.15) is 0 Å². The molecule has 0 aliphatic carbocycles. The van der Waals surface area contributed by atoms with Crippen molar-refractivity contribution in [2.45, 2.75) is 83.5 Å². The standard InChI is InChI=1S/C15H29N3O2/c16-18-17-14-12-10-8-6-4-2-1-3-5-7-9-11-13-15(19)20/h1-14H2,(H,19,20). The minimum absolute atomic E-state index is 0.319. The van der Waals surface area contributed by atoms with Crippen molar-refractivity contribution >= 4 is 5.97 Å². The summed E-state index contributed by atoms with van der Waals surface area (Å²) in [6.07, 6.45) is 14.5. The fourth-order valence-corrected chi connectivity index (χ4v) is 2.27. The van der Waals surface area contributed by atoms with Gasteiger partial charge in [0.25, 0.3) is 0 Å². The van der Waals surface area contributed by atoms with Crippen molar-refractivity contribution in [3.63, 3.8) is 0 Å². The van der Waals surface area contributed by atoms with E-state index in [0.29, 0.717) is 13.0 Å². The molecule has 0 aromatic heterocycles. The molecular formula is C15H29N3O2. The number of carbonyl (C=O) groups is 1. The summed E-state index contributed by atoms with van der Waals surface area (Å²) in [5, 5.41) is 12.0. The molecule has 0 rings (SSSR count). The van der Waals surface area contributed by atoms with Crippen LogP contribution in [0.4, 0.5) is 0 Å². The third-order valence-electron chi connectivity index (χ3n) is 3.46. The number of nitrogens with zero attached hydrogens (tertiary/aromatic N) is 3. The molecule has 0 aromatic rings. The number of carboxylic acids is 1. The van der Waals surface area contributed by atoms with Gasteiger partial charge in [-0.15, -0.1) is 0 Å². The minimum atomic E-state index is -0.676. The number of rotatable bonds is 15. The first-order valence-electron chi connectivity index (χ1n) is 8.00. The van der Waals surface area contributed by atoms with Crippen LogP contribution in [0.3, 0.4) is 0 Å². The maximum atomic E-state index is 10.3. The van der Waals surface area contributed by atoms with E-state index in [1.54, 1.807) is 0 Å². The summed E-state index contributed by atoms with van der Waals surface area (Å²) in [7, 11) is 0. The molecule has 0 spiro atoms. The van der Waals surface area contributed by atoms with Crippen LogP contribution in [0, 0.1) is 0 Å². The lowest BCUT2D eigenvalue weighted by Crippen LogP contribution is -1.93. The molecule has 0 aliphatic rings. The average Bonchev–Trinajstić information content (AvgIpc) is 2.43. The molecule has 0 radical (unpaired) electrons. The van der Waals surface area contributed by atoms with Gasteiger partial charge in [0.15, 0.2) is 0 Å². The first-order valence-corrected chi connectivity index (χ1v) is 8.00. The Morgan fingerprint density at radius 1 is 0.800 bits per heavy atom. The lowest BCUT2D eigenvalue weighted by molar-refractivity contribution is -0.137. The van der Waals surface area contributed by atoms with E-state index in [0.717, 1.165) is 19.3 Å². The van der Waals surface area contributed by atoms with Gasteiger partial charge in [0, 0.05) is 17.9 Å². The van der Waals surface area contributed by atoms with E-state index in [2.05, 4.69) is 10.0 Å². The van der Waals surface area contributed by atoms with Gasteiger partial charge in [-0.2, -0.15) is 0 Å². The molecule has 0 aliphatic heterocycles. The van der Waals surface area contributed by atoms with Gasteiger partial charge in [-0.1, -0.05) is 69.3 Å². The van der Waals surface area contributed by atoms with Crippen LogP contribution in [-0.2, 0) is 4.79 Å². The maximum absolute atomic E-state index is 10.3. The highest BCUT2D eigenvalue weighted by Gasteiger charge is 1.96. The van der Waals surface area contributed by atoms with Crippen LogP contribution in [0.15, 0.2) is 5.11 Å². The van der Waals surface area contributed by atoms with E-state index in [9.17, 15) is 4.79 Å². The second-order valence-corrected chi connectivity index (χ2v) is 5.34. The van der Waals surface area contributed by atoms with E-state index < -0.39 is 5.97 Å².